The molecule has 0 aliphatic heterocycles. The van der Waals surface area contributed by atoms with Crippen molar-refractivity contribution in [3.05, 3.63) is 24.3 Å². The molecule has 1 saturated carbocycles. The largest absolute Gasteiger partial charge is 0.386 e. The van der Waals surface area contributed by atoms with Gasteiger partial charge in [-0.05, 0) is 68.3 Å². The van der Waals surface area contributed by atoms with E-state index >= 15 is 0 Å². The van der Waals surface area contributed by atoms with Crippen molar-refractivity contribution in [3.63, 3.8) is 0 Å². The number of hydrogen-bond donors (Lipinski definition) is 1. The van der Waals surface area contributed by atoms with Gasteiger partial charge in [0.25, 0.3) is 0 Å². The van der Waals surface area contributed by atoms with Crippen LogP contribution in [0.5, 0.6) is 0 Å². The van der Waals surface area contributed by atoms with Crippen LogP contribution in [0.2, 0.25) is 0 Å². The lowest BCUT2D eigenvalue weighted by Crippen LogP contribution is -2.51. The van der Waals surface area contributed by atoms with Crippen molar-refractivity contribution in [1.82, 2.24) is 0 Å². The summed E-state index contributed by atoms with van der Waals surface area (Å²) in [6, 6.07) is 0. The number of fused-ring (bicyclic) bond motifs is 1. The second kappa shape index (κ2) is 5.63. The number of hydrogen-bond acceptors (Lipinski definition) is 2. The Balaban J connectivity index is 2.34. The molecule has 0 unspecified atom stereocenters. The van der Waals surface area contributed by atoms with E-state index in [-0.39, 0.29) is 16.6 Å². The lowest BCUT2D eigenvalue weighted by molar-refractivity contribution is -0.124. The second-order valence-electron chi connectivity index (χ2n) is 8.47. The van der Waals surface area contributed by atoms with Crippen molar-refractivity contribution in [2.45, 2.75) is 72.3 Å². The molecule has 2 nitrogen and oxygen atoms in total. The zero-order valence-electron chi connectivity index (χ0n) is 14.9. The van der Waals surface area contributed by atoms with E-state index in [0.29, 0.717) is 24.7 Å². The van der Waals surface area contributed by atoms with Gasteiger partial charge in [0.1, 0.15) is 0 Å². The van der Waals surface area contributed by atoms with Crippen molar-refractivity contribution in [2.24, 2.45) is 22.7 Å². The van der Waals surface area contributed by atoms with Gasteiger partial charge < -0.3 is 5.11 Å². The molecule has 22 heavy (non-hydrogen) atoms. The molecule has 2 aliphatic rings. The number of allylic oxidation sites excluding steroid dienone is 2. The fourth-order valence-corrected chi connectivity index (χ4v) is 4.73. The highest BCUT2D eigenvalue weighted by atomic mass is 16.3. The number of rotatable bonds is 4. The minimum atomic E-state index is -0.819. The van der Waals surface area contributed by atoms with E-state index < -0.39 is 5.60 Å². The molecule has 5 atom stereocenters. The molecular formula is C20H32O2. The van der Waals surface area contributed by atoms with E-state index in [1.807, 2.05) is 13.0 Å². The Labute approximate surface area is 135 Å². The highest BCUT2D eigenvalue weighted by molar-refractivity contribution is 5.92. The van der Waals surface area contributed by atoms with Crippen molar-refractivity contribution in [2.75, 3.05) is 0 Å². The topological polar surface area (TPSA) is 37.3 Å². The molecule has 0 aromatic carbocycles. The molecule has 0 aromatic rings. The van der Waals surface area contributed by atoms with Gasteiger partial charge in [0.15, 0.2) is 5.78 Å². The van der Waals surface area contributed by atoms with Crippen molar-refractivity contribution in [3.8, 4) is 0 Å². The molecule has 1 N–H and O–H groups in total. The van der Waals surface area contributed by atoms with Crippen molar-refractivity contribution < 1.29 is 9.90 Å². The van der Waals surface area contributed by atoms with E-state index in [2.05, 4.69) is 34.3 Å². The lowest BCUT2D eigenvalue weighted by Gasteiger charge is -2.58. The van der Waals surface area contributed by atoms with Crippen LogP contribution in [-0.2, 0) is 4.79 Å². The fourth-order valence-electron chi connectivity index (χ4n) is 4.73. The predicted octanol–water partition coefficient (Wildman–Crippen LogP) is 4.68. The predicted molar refractivity (Wildman–Crippen MR) is 91.5 cm³/mol. The maximum atomic E-state index is 12.2. The molecule has 1 fully saturated rings. The van der Waals surface area contributed by atoms with Gasteiger partial charge in [0, 0.05) is 6.42 Å². The molecule has 0 aromatic heterocycles. The number of carbonyl (C=O) groups excluding carboxylic acids is 1. The van der Waals surface area contributed by atoms with Crippen molar-refractivity contribution >= 4 is 5.78 Å². The first-order valence-electron chi connectivity index (χ1n) is 8.63. The number of carbonyl (C=O) groups is 1. The minimum absolute atomic E-state index is 0.0885. The van der Waals surface area contributed by atoms with E-state index in [0.717, 1.165) is 6.42 Å². The maximum absolute atomic E-state index is 12.2. The normalized spacial score (nSPS) is 41.4. The Morgan fingerprint density at radius 1 is 1.50 bits per heavy atom. The summed E-state index contributed by atoms with van der Waals surface area (Å²) in [6.45, 7) is 14.7. The van der Waals surface area contributed by atoms with Crippen LogP contribution in [0.1, 0.15) is 66.7 Å². The van der Waals surface area contributed by atoms with Crippen LogP contribution in [0.25, 0.3) is 0 Å². The van der Waals surface area contributed by atoms with Crippen LogP contribution in [0.4, 0.5) is 0 Å². The molecule has 0 radical (unpaired) electrons. The third-order valence-corrected chi connectivity index (χ3v) is 7.08. The standard InChI is InChI=1S/C20H32O2/c1-7-18(4,22)10-11-20(6)14(2)8-9-19(5)15(3)12-16(21)13-17(19)20/h7,12,14,17,22H,1,8-11,13H2,2-6H3/t14-,17+,18+,19+,20+/m0/s1. The van der Waals surface area contributed by atoms with E-state index in [1.54, 1.807) is 6.08 Å². The van der Waals surface area contributed by atoms with Crippen LogP contribution in [0, 0.1) is 22.7 Å². The third-order valence-electron chi connectivity index (χ3n) is 7.08. The summed E-state index contributed by atoms with van der Waals surface area (Å²) in [5.41, 5.74) is 0.655. The Hall–Kier alpha value is -0.890. The van der Waals surface area contributed by atoms with Crippen LogP contribution in [0.15, 0.2) is 24.3 Å². The summed E-state index contributed by atoms with van der Waals surface area (Å²) >= 11 is 0. The summed E-state index contributed by atoms with van der Waals surface area (Å²) < 4.78 is 0. The number of ketones is 1. The van der Waals surface area contributed by atoms with Crippen LogP contribution in [-0.4, -0.2) is 16.5 Å². The second-order valence-corrected chi connectivity index (χ2v) is 8.47. The van der Waals surface area contributed by atoms with Crippen LogP contribution < -0.4 is 0 Å². The first kappa shape index (κ1) is 17.5. The average molecular weight is 304 g/mol. The fraction of sp³-hybridized carbons (Fsp3) is 0.750. The molecule has 2 aliphatic carbocycles. The zero-order chi connectivity index (χ0) is 16.8. The lowest BCUT2D eigenvalue weighted by atomic mass is 9.46. The molecular weight excluding hydrogens is 272 g/mol. The summed E-state index contributed by atoms with van der Waals surface area (Å²) in [4.78, 5) is 12.2. The third kappa shape index (κ3) is 2.82. The van der Waals surface area contributed by atoms with Gasteiger partial charge in [-0.3, -0.25) is 4.79 Å². The smallest absolute Gasteiger partial charge is 0.155 e. The maximum Gasteiger partial charge on any atom is 0.155 e. The monoisotopic (exact) mass is 304 g/mol. The van der Waals surface area contributed by atoms with Gasteiger partial charge >= 0.3 is 0 Å². The Morgan fingerprint density at radius 3 is 2.73 bits per heavy atom. The van der Waals surface area contributed by atoms with Crippen LogP contribution in [0.3, 0.4) is 0 Å². The van der Waals surface area contributed by atoms with Gasteiger partial charge in [-0.15, -0.1) is 6.58 Å². The van der Waals surface area contributed by atoms with Crippen LogP contribution >= 0.6 is 0 Å². The minimum Gasteiger partial charge on any atom is -0.386 e. The summed E-state index contributed by atoms with van der Waals surface area (Å²) in [6.07, 6.45) is 8.17. The Bertz CT molecular complexity index is 502. The highest BCUT2D eigenvalue weighted by Crippen LogP contribution is 2.61. The summed E-state index contributed by atoms with van der Waals surface area (Å²) in [5.74, 6) is 1.22. The van der Waals surface area contributed by atoms with E-state index in [9.17, 15) is 9.90 Å². The zero-order valence-corrected chi connectivity index (χ0v) is 14.9. The SMILES string of the molecule is C=C[C@@](C)(O)CC[C@]1(C)[C@@H](C)CC[C@]2(C)C(C)=CC(=O)C[C@@H]12. The molecule has 0 spiro atoms. The number of aliphatic hydroxyl groups is 1. The highest BCUT2D eigenvalue weighted by Gasteiger charge is 2.54. The quantitative estimate of drug-likeness (QED) is 0.766. The van der Waals surface area contributed by atoms with Gasteiger partial charge in [-0.25, -0.2) is 0 Å². The average Bonchev–Trinajstić information content (AvgIpc) is 2.45. The Kier molecular flexibility index (Phi) is 4.47. The van der Waals surface area contributed by atoms with E-state index in [4.69, 9.17) is 0 Å². The first-order valence-corrected chi connectivity index (χ1v) is 8.63. The van der Waals surface area contributed by atoms with Gasteiger partial charge in [0.2, 0.25) is 0 Å². The molecule has 2 heteroatoms. The van der Waals surface area contributed by atoms with Gasteiger partial charge in [-0.1, -0.05) is 32.4 Å². The molecule has 124 valence electrons. The summed E-state index contributed by atoms with van der Waals surface area (Å²) in [5, 5.41) is 10.3. The van der Waals surface area contributed by atoms with Gasteiger partial charge in [0.05, 0.1) is 5.60 Å². The molecule has 0 saturated heterocycles. The molecule has 0 bridgehead atoms. The summed E-state index contributed by atoms with van der Waals surface area (Å²) in [7, 11) is 0. The van der Waals surface area contributed by atoms with Gasteiger partial charge in [-0.2, -0.15) is 0 Å². The van der Waals surface area contributed by atoms with Crippen molar-refractivity contribution in [1.29, 1.82) is 0 Å². The van der Waals surface area contributed by atoms with E-state index in [1.165, 1.54) is 18.4 Å². The Morgan fingerprint density at radius 2 is 2.14 bits per heavy atom. The molecule has 0 heterocycles. The first-order chi connectivity index (χ1) is 10.0. The molecule has 0 amide bonds. The molecule has 2 rings (SSSR count).